The average Bonchev–Trinajstić information content (AvgIpc) is 3.53. The quantitative estimate of drug-likeness (QED) is 0.307. The first-order chi connectivity index (χ1) is 17.8. The SMILES string of the molecule is Cc1nnc(SCc2nc(C(=O)N3CCN(c4cccc(C(F)(F)F)c4)CC3)cs2)n1-c1ccccc1. The molecule has 0 spiro atoms. The van der Waals surface area contributed by atoms with Gasteiger partial charge in [-0.15, -0.1) is 21.5 Å². The topological polar surface area (TPSA) is 67.2 Å². The zero-order valence-corrected chi connectivity index (χ0v) is 21.5. The smallest absolute Gasteiger partial charge is 0.368 e. The van der Waals surface area contributed by atoms with E-state index in [0.717, 1.165) is 33.8 Å². The Morgan fingerprint density at radius 3 is 2.46 bits per heavy atom. The molecule has 0 radical (unpaired) electrons. The molecule has 5 rings (SSSR count). The molecular formula is C25H23F3N6OS2. The number of nitrogens with zero attached hydrogens (tertiary/aromatic N) is 6. The predicted octanol–water partition coefficient (Wildman–Crippen LogP) is 5.31. The van der Waals surface area contributed by atoms with E-state index in [2.05, 4.69) is 15.2 Å². The van der Waals surface area contributed by atoms with Crippen LogP contribution in [-0.4, -0.2) is 56.7 Å². The number of piperazine rings is 1. The molecule has 0 aliphatic carbocycles. The van der Waals surface area contributed by atoms with Crippen LogP contribution >= 0.6 is 23.1 Å². The molecule has 1 saturated heterocycles. The van der Waals surface area contributed by atoms with E-state index in [1.807, 2.05) is 46.7 Å². The van der Waals surface area contributed by atoms with Crippen molar-refractivity contribution in [2.75, 3.05) is 31.1 Å². The number of aromatic nitrogens is 4. The lowest BCUT2D eigenvalue weighted by Crippen LogP contribution is -2.49. The lowest BCUT2D eigenvalue weighted by atomic mass is 10.1. The fraction of sp³-hybridized carbons (Fsp3) is 0.280. The van der Waals surface area contributed by atoms with Crippen molar-refractivity contribution in [2.45, 2.75) is 24.0 Å². The summed E-state index contributed by atoms with van der Waals surface area (Å²) in [4.78, 5) is 21.1. The Balaban J connectivity index is 1.19. The molecular weight excluding hydrogens is 521 g/mol. The van der Waals surface area contributed by atoms with E-state index in [1.54, 1.807) is 16.3 Å². The summed E-state index contributed by atoms with van der Waals surface area (Å²) < 4.78 is 41.1. The maximum Gasteiger partial charge on any atom is 0.416 e. The largest absolute Gasteiger partial charge is 0.416 e. The highest BCUT2D eigenvalue weighted by Gasteiger charge is 2.31. The molecule has 0 saturated carbocycles. The molecule has 0 unspecified atom stereocenters. The fourth-order valence-electron chi connectivity index (χ4n) is 4.12. The lowest BCUT2D eigenvalue weighted by Gasteiger charge is -2.36. The van der Waals surface area contributed by atoms with Gasteiger partial charge >= 0.3 is 6.18 Å². The molecule has 1 aliphatic rings. The molecule has 7 nitrogen and oxygen atoms in total. The van der Waals surface area contributed by atoms with Crippen LogP contribution < -0.4 is 4.90 Å². The molecule has 12 heteroatoms. The second-order valence-electron chi connectivity index (χ2n) is 8.44. The van der Waals surface area contributed by atoms with Crippen LogP contribution in [0.15, 0.2) is 65.1 Å². The summed E-state index contributed by atoms with van der Waals surface area (Å²) in [6, 6.07) is 15.2. The number of hydrogen-bond acceptors (Lipinski definition) is 7. The van der Waals surface area contributed by atoms with Crippen molar-refractivity contribution in [3.05, 3.63) is 82.1 Å². The van der Waals surface area contributed by atoms with Crippen LogP contribution in [0.4, 0.5) is 18.9 Å². The minimum Gasteiger partial charge on any atom is -0.368 e. The molecule has 192 valence electrons. The number of rotatable bonds is 6. The van der Waals surface area contributed by atoms with Gasteiger partial charge in [0, 0.05) is 42.9 Å². The Morgan fingerprint density at radius 1 is 1.00 bits per heavy atom. The summed E-state index contributed by atoms with van der Waals surface area (Å²) in [6.45, 7) is 3.63. The van der Waals surface area contributed by atoms with Gasteiger partial charge in [0.15, 0.2) is 5.16 Å². The molecule has 0 N–H and O–H groups in total. The number of aryl methyl sites for hydroxylation is 1. The fourth-order valence-corrected chi connectivity index (χ4v) is 5.90. The van der Waals surface area contributed by atoms with Crippen molar-refractivity contribution in [3.8, 4) is 5.69 Å². The number of carbonyl (C=O) groups is 1. The molecule has 0 bridgehead atoms. The van der Waals surface area contributed by atoms with Gasteiger partial charge in [-0.1, -0.05) is 36.0 Å². The van der Waals surface area contributed by atoms with Crippen LogP contribution in [0.2, 0.25) is 0 Å². The Kier molecular flexibility index (Phi) is 7.20. The number of thiazole rings is 1. The predicted molar refractivity (Wildman–Crippen MR) is 137 cm³/mol. The number of anilines is 1. The van der Waals surface area contributed by atoms with E-state index in [-0.39, 0.29) is 5.91 Å². The summed E-state index contributed by atoms with van der Waals surface area (Å²) >= 11 is 2.92. The van der Waals surface area contributed by atoms with Gasteiger partial charge < -0.3 is 9.80 Å². The Morgan fingerprint density at radius 2 is 1.73 bits per heavy atom. The molecule has 1 fully saturated rings. The minimum absolute atomic E-state index is 0.167. The molecule has 4 aromatic rings. The van der Waals surface area contributed by atoms with Crippen LogP contribution in [0.1, 0.15) is 26.9 Å². The van der Waals surface area contributed by atoms with E-state index in [1.165, 1.54) is 29.2 Å². The van der Waals surface area contributed by atoms with Crippen molar-refractivity contribution < 1.29 is 18.0 Å². The summed E-state index contributed by atoms with van der Waals surface area (Å²) in [7, 11) is 0. The second-order valence-corrected chi connectivity index (χ2v) is 10.3. The van der Waals surface area contributed by atoms with Gasteiger partial charge in [0.2, 0.25) is 0 Å². The van der Waals surface area contributed by atoms with Crippen molar-refractivity contribution in [2.24, 2.45) is 0 Å². The summed E-state index contributed by atoms with van der Waals surface area (Å²) in [5.41, 5.74) is 1.20. The van der Waals surface area contributed by atoms with Crippen LogP contribution in [-0.2, 0) is 11.9 Å². The number of halogens is 3. The highest BCUT2D eigenvalue weighted by Crippen LogP contribution is 2.32. The van der Waals surface area contributed by atoms with Crippen LogP contribution in [0.25, 0.3) is 5.69 Å². The zero-order valence-electron chi connectivity index (χ0n) is 19.9. The van der Waals surface area contributed by atoms with Crippen LogP contribution in [0.5, 0.6) is 0 Å². The monoisotopic (exact) mass is 544 g/mol. The Bertz CT molecular complexity index is 1380. The van der Waals surface area contributed by atoms with E-state index >= 15 is 0 Å². The average molecular weight is 545 g/mol. The first kappa shape index (κ1) is 25.3. The van der Waals surface area contributed by atoms with E-state index in [0.29, 0.717) is 43.3 Å². The molecule has 1 aliphatic heterocycles. The van der Waals surface area contributed by atoms with Crippen LogP contribution in [0, 0.1) is 6.92 Å². The lowest BCUT2D eigenvalue weighted by molar-refractivity contribution is -0.137. The summed E-state index contributed by atoms with van der Waals surface area (Å²) in [6.07, 6.45) is -4.38. The van der Waals surface area contributed by atoms with E-state index in [9.17, 15) is 18.0 Å². The third kappa shape index (κ3) is 5.64. The summed E-state index contributed by atoms with van der Waals surface area (Å²) in [5, 5.41) is 11.8. The van der Waals surface area contributed by atoms with Gasteiger partial charge in [0.05, 0.1) is 11.3 Å². The third-order valence-electron chi connectivity index (χ3n) is 6.01. The normalized spacial score (nSPS) is 14.3. The maximum atomic E-state index is 13.1. The van der Waals surface area contributed by atoms with Crippen molar-refractivity contribution in [3.63, 3.8) is 0 Å². The zero-order chi connectivity index (χ0) is 26.0. The number of carbonyl (C=O) groups excluding carboxylic acids is 1. The van der Waals surface area contributed by atoms with Crippen molar-refractivity contribution >= 4 is 34.7 Å². The van der Waals surface area contributed by atoms with Gasteiger partial charge in [-0.3, -0.25) is 9.36 Å². The van der Waals surface area contributed by atoms with Gasteiger partial charge in [-0.2, -0.15) is 13.2 Å². The second kappa shape index (κ2) is 10.5. The molecule has 2 aromatic carbocycles. The minimum atomic E-state index is -4.38. The molecule has 3 heterocycles. The highest BCUT2D eigenvalue weighted by molar-refractivity contribution is 7.98. The number of alkyl halides is 3. The number of hydrogen-bond donors (Lipinski definition) is 0. The van der Waals surface area contributed by atoms with Gasteiger partial charge in [-0.05, 0) is 37.3 Å². The van der Waals surface area contributed by atoms with Gasteiger partial charge in [0.1, 0.15) is 16.5 Å². The molecule has 2 aromatic heterocycles. The van der Waals surface area contributed by atoms with E-state index < -0.39 is 11.7 Å². The van der Waals surface area contributed by atoms with Gasteiger partial charge in [-0.25, -0.2) is 4.98 Å². The Labute approximate surface area is 220 Å². The maximum absolute atomic E-state index is 13.1. The molecule has 1 amide bonds. The van der Waals surface area contributed by atoms with Crippen molar-refractivity contribution in [1.82, 2.24) is 24.6 Å². The van der Waals surface area contributed by atoms with E-state index in [4.69, 9.17) is 0 Å². The van der Waals surface area contributed by atoms with Crippen molar-refractivity contribution in [1.29, 1.82) is 0 Å². The molecule has 37 heavy (non-hydrogen) atoms. The highest BCUT2D eigenvalue weighted by atomic mass is 32.2. The molecule has 0 atom stereocenters. The number of thioether (sulfide) groups is 1. The third-order valence-corrected chi connectivity index (χ3v) is 7.98. The first-order valence-corrected chi connectivity index (χ1v) is 13.4. The van der Waals surface area contributed by atoms with Gasteiger partial charge in [0.25, 0.3) is 5.91 Å². The number of amides is 1. The first-order valence-electron chi connectivity index (χ1n) is 11.6. The summed E-state index contributed by atoms with van der Waals surface area (Å²) in [5.74, 6) is 1.17. The number of para-hydroxylation sites is 1. The Hall–Kier alpha value is -3.38. The number of benzene rings is 2. The van der Waals surface area contributed by atoms with Crippen LogP contribution in [0.3, 0.4) is 0 Å². The standard InChI is InChI=1S/C25H23F3N6OS2/c1-17-30-31-24(34(17)19-7-3-2-4-8-19)37-16-22-29-21(15-36-22)23(35)33-12-10-32(11-13-33)20-9-5-6-18(14-20)25(26,27)28/h2-9,14-15H,10-13,16H2,1H3.